The Kier molecular flexibility index (Phi) is 18.5. The summed E-state index contributed by atoms with van der Waals surface area (Å²) >= 11 is 0. The summed E-state index contributed by atoms with van der Waals surface area (Å²) in [5.74, 6) is -4.12. The number of fused-ring (bicyclic) bond motifs is 2. The van der Waals surface area contributed by atoms with E-state index in [-0.39, 0.29) is 43.1 Å². The Morgan fingerprint density at radius 2 is 1.69 bits per heavy atom. The van der Waals surface area contributed by atoms with Crippen LogP contribution in [0.4, 0.5) is 0 Å². The summed E-state index contributed by atoms with van der Waals surface area (Å²) in [7, 11) is 0. The first-order valence-electron chi connectivity index (χ1n) is 20.6. The molecule has 2 aliphatic heterocycles. The highest BCUT2D eigenvalue weighted by molar-refractivity contribution is 5.93. The van der Waals surface area contributed by atoms with Gasteiger partial charge in [-0.2, -0.15) is 0 Å². The van der Waals surface area contributed by atoms with Gasteiger partial charge in [0.15, 0.2) is 0 Å². The van der Waals surface area contributed by atoms with Crippen LogP contribution in [0.5, 0.6) is 5.75 Å². The lowest BCUT2D eigenvalue weighted by atomic mass is 9.85. The van der Waals surface area contributed by atoms with Gasteiger partial charge in [-0.25, -0.2) is 5.43 Å². The van der Waals surface area contributed by atoms with Gasteiger partial charge in [0.05, 0.1) is 12.0 Å². The molecule has 0 spiro atoms. The van der Waals surface area contributed by atoms with Gasteiger partial charge >= 0.3 is 5.97 Å². The molecule has 1 aromatic rings. The Labute approximate surface area is 344 Å². The molecule has 0 aliphatic carbocycles. The third kappa shape index (κ3) is 15.0. The number of rotatable bonds is 10. The van der Waals surface area contributed by atoms with Crippen LogP contribution in [-0.4, -0.2) is 87.4 Å². The number of phenols is 1. The number of allylic oxidation sites excluding steroid dienone is 4. The predicted octanol–water partition coefficient (Wildman–Crippen LogP) is 5.20. The second-order valence-electron chi connectivity index (χ2n) is 17.2. The number of amides is 3. The van der Waals surface area contributed by atoms with Crippen molar-refractivity contribution in [1.82, 2.24) is 21.1 Å². The smallest absolute Gasteiger partial charge is 0.325 e. The molecule has 5 N–H and O–H groups in total. The highest BCUT2D eigenvalue weighted by atomic mass is 16.5. The van der Waals surface area contributed by atoms with Crippen molar-refractivity contribution in [2.75, 3.05) is 6.54 Å². The van der Waals surface area contributed by atoms with Crippen molar-refractivity contribution in [2.24, 2.45) is 23.2 Å². The number of Topliss-reactive ketones (excluding diaryl/α,β-unsaturated/α-hetero) is 2. The van der Waals surface area contributed by atoms with E-state index in [1.807, 2.05) is 65.0 Å². The predicted molar refractivity (Wildman–Crippen MR) is 222 cm³/mol. The van der Waals surface area contributed by atoms with Crippen LogP contribution in [-0.2, 0) is 39.9 Å². The monoisotopic (exact) mass is 806 g/mol. The molecule has 3 amide bonds. The molecule has 2 aliphatic rings. The van der Waals surface area contributed by atoms with E-state index in [4.69, 9.17) is 4.74 Å². The molecule has 320 valence electrons. The standard InChI is InChI=1S/C45H66N4O9/c1-28(2)39-42(55)46-36(27-32-18-14-19-33(51)26-32)43(56)49-25-15-20-35(48-49)44(57)58-37(29(3)17-13-22-38(52)45(6,7)8)21-12-10-9-11-16-30(4)40(53)34(41(54)47-39)24-23-31(5)50/h9-12,14,17-19,26,28,30,34-37,39-40,48,51,53H,13,15-16,20-25,27H2,1-8H3,(H,46,55)(H,47,54)/b11-9+,12-10+,29-17+/t30-,34+,35?,36-,37-,39-,40+/m0/s1. The summed E-state index contributed by atoms with van der Waals surface area (Å²) in [5, 5.41) is 28.6. The Morgan fingerprint density at radius 1 is 1.00 bits per heavy atom. The van der Waals surface area contributed by atoms with Gasteiger partial charge in [0.2, 0.25) is 11.8 Å². The fourth-order valence-corrected chi connectivity index (χ4v) is 6.97. The molecule has 1 saturated heterocycles. The summed E-state index contributed by atoms with van der Waals surface area (Å²) in [4.78, 5) is 80.7. The van der Waals surface area contributed by atoms with E-state index in [1.54, 1.807) is 26.0 Å². The van der Waals surface area contributed by atoms with E-state index in [1.165, 1.54) is 24.1 Å². The number of ketones is 2. The van der Waals surface area contributed by atoms with E-state index in [0.29, 0.717) is 44.1 Å². The highest BCUT2D eigenvalue weighted by Crippen LogP contribution is 2.24. The maximum Gasteiger partial charge on any atom is 0.325 e. The molecule has 2 bridgehead atoms. The van der Waals surface area contributed by atoms with E-state index in [9.17, 15) is 39.0 Å². The first kappa shape index (κ1) is 47.8. The lowest BCUT2D eigenvalue weighted by Gasteiger charge is -2.36. The lowest BCUT2D eigenvalue weighted by molar-refractivity contribution is -0.156. The van der Waals surface area contributed by atoms with Crippen LogP contribution in [0.15, 0.2) is 60.2 Å². The third-order valence-corrected chi connectivity index (χ3v) is 10.8. The molecule has 13 nitrogen and oxygen atoms in total. The molecule has 0 radical (unpaired) electrons. The molecule has 0 aromatic heterocycles. The zero-order valence-corrected chi connectivity index (χ0v) is 35.6. The minimum Gasteiger partial charge on any atom is -0.508 e. The van der Waals surface area contributed by atoms with Gasteiger partial charge in [0, 0.05) is 37.6 Å². The van der Waals surface area contributed by atoms with Crippen molar-refractivity contribution in [1.29, 1.82) is 0 Å². The lowest BCUT2D eigenvalue weighted by Crippen LogP contribution is -2.62. The number of hydrogen-bond acceptors (Lipinski definition) is 10. The maximum atomic E-state index is 14.3. The number of esters is 1. The number of aliphatic hydroxyl groups excluding tert-OH is 1. The van der Waals surface area contributed by atoms with E-state index in [0.717, 1.165) is 5.57 Å². The number of nitrogens with one attached hydrogen (secondary N) is 3. The van der Waals surface area contributed by atoms with Crippen molar-refractivity contribution in [2.45, 2.75) is 144 Å². The Morgan fingerprint density at radius 3 is 2.33 bits per heavy atom. The summed E-state index contributed by atoms with van der Waals surface area (Å²) in [5.41, 5.74) is 3.92. The van der Waals surface area contributed by atoms with Crippen molar-refractivity contribution >= 4 is 35.3 Å². The molecule has 2 heterocycles. The van der Waals surface area contributed by atoms with E-state index < -0.39 is 77.2 Å². The minimum atomic E-state index is -1.17. The van der Waals surface area contributed by atoms with Gasteiger partial charge in [-0.15, -0.1) is 0 Å². The van der Waals surface area contributed by atoms with Crippen LogP contribution in [0.1, 0.15) is 112 Å². The Hall–Kier alpha value is -4.62. The fourth-order valence-electron chi connectivity index (χ4n) is 6.97. The van der Waals surface area contributed by atoms with E-state index >= 15 is 0 Å². The van der Waals surface area contributed by atoms with Gasteiger partial charge in [-0.3, -0.25) is 29.0 Å². The maximum absolute atomic E-state index is 14.3. The quantitative estimate of drug-likeness (QED) is 0.155. The van der Waals surface area contributed by atoms with Gasteiger partial charge in [0.25, 0.3) is 5.91 Å². The molecule has 1 aromatic carbocycles. The number of aromatic hydroxyl groups is 1. The molecular weight excluding hydrogens is 741 g/mol. The molecule has 0 saturated carbocycles. The van der Waals surface area contributed by atoms with Crippen molar-refractivity contribution in [3.63, 3.8) is 0 Å². The summed E-state index contributed by atoms with van der Waals surface area (Å²) < 4.78 is 6.09. The van der Waals surface area contributed by atoms with Crippen LogP contribution in [0.25, 0.3) is 0 Å². The first-order chi connectivity index (χ1) is 27.3. The minimum absolute atomic E-state index is 0.00781. The molecule has 7 atom stereocenters. The number of ether oxygens (including phenoxy) is 1. The third-order valence-electron chi connectivity index (χ3n) is 10.8. The number of benzene rings is 1. The average molecular weight is 807 g/mol. The van der Waals surface area contributed by atoms with Crippen LogP contribution in [0.3, 0.4) is 0 Å². The molecule has 58 heavy (non-hydrogen) atoms. The number of cyclic esters (lactones) is 1. The Balaban J connectivity index is 2.03. The number of nitrogens with zero attached hydrogens (tertiary/aromatic N) is 1. The van der Waals surface area contributed by atoms with Gasteiger partial charge in [-0.1, -0.05) is 84.1 Å². The fraction of sp³-hybridized carbons (Fsp3) is 0.600. The number of phenolic OH excluding ortho intramolecular Hbond substituents is 1. The second-order valence-corrected chi connectivity index (χ2v) is 17.2. The number of carbonyl (C=O) groups excluding carboxylic acids is 6. The van der Waals surface area contributed by atoms with Crippen molar-refractivity contribution < 1.29 is 43.7 Å². The van der Waals surface area contributed by atoms with Crippen molar-refractivity contribution in [3.8, 4) is 5.75 Å². The van der Waals surface area contributed by atoms with Crippen LogP contribution in [0, 0.1) is 23.2 Å². The highest BCUT2D eigenvalue weighted by Gasteiger charge is 2.38. The largest absolute Gasteiger partial charge is 0.508 e. The molecule has 13 heteroatoms. The number of aliphatic hydroxyl groups is 1. The van der Waals surface area contributed by atoms with Gasteiger partial charge < -0.3 is 30.4 Å². The molecule has 3 rings (SSSR count). The summed E-state index contributed by atoms with van der Waals surface area (Å²) in [6.45, 7) is 14.5. The van der Waals surface area contributed by atoms with Crippen molar-refractivity contribution in [3.05, 3.63) is 65.8 Å². The van der Waals surface area contributed by atoms with Crippen LogP contribution < -0.4 is 16.1 Å². The molecule has 1 unspecified atom stereocenters. The number of hydrogen-bond donors (Lipinski definition) is 5. The zero-order valence-electron chi connectivity index (χ0n) is 35.6. The summed E-state index contributed by atoms with van der Waals surface area (Å²) in [6, 6.07) is 3.20. The topological polar surface area (TPSA) is 191 Å². The number of hydrazine groups is 1. The normalized spacial score (nSPS) is 27.4. The molecule has 1 fully saturated rings. The average Bonchev–Trinajstić information content (AvgIpc) is 3.15. The van der Waals surface area contributed by atoms with Gasteiger partial charge in [-0.05, 0) is 81.1 Å². The van der Waals surface area contributed by atoms with Crippen LogP contribution >= 0.6 is 0 Å². The SMILES string of the molecule is CC(=O)CC[C@H]1C(=O)N[C@@H](C(C)C)C(=O)N[C@@H](Cc2cccc(O)c2)C(=O)N2CCCC(N2)C(=O)O[C@H](/C(C)=C/CCC(=O)C(C)(C)C)C/C=C/C=C/C[C@H](C)[C@H]1O. The Bertz CT molecular complexity index is 1690. The number of carbonyl (C=O) groups is 6. The van der Waals surface area contributed by atoms with Crippen LogP contribution in [0.2, 0.25) is 0 Å². The van der Waals surface area contributed by atoms with Gasteiger partial charge in [0.1, 0.15) is 41.5 Å². The second kappa shape index (κ2) is 22.5. The molecular formula is C45H66N4O9. The summed E-state index contributed by atoms with van der Waals surface area (Å²) in [6.07, 6.45) is 10.1. The first-order valence-corrected chi connectivity index (χ1v) is 20.6. The zero-order chi connectivity index (χ0) is 43.2. The van der Waals surface area contributed by atoms with E-state index in [2.05, 4.69) is 16.1 Å².